The molecule has 0 bridgehead atoms. The SMILES string of the molecule is Cn1c(C2CC2)nc(-c2cnn(-c3ccccc3)c2)c1N. The summed E-state index contributed by atoms with van der Waals surface area (Å²) >= 11 is 0. The monoisotopic (exact) mass is 279 g/mol. The number of nitrogen functional groups attached to an aromatic ring is 1. The second-order valence-corrected chi connectivity index (χ2v) is 5.55. The van der Waals surface area contributed by atoms with E-state index in [4.69, 9.17) is 10.7 Å². The Morgan fingerprint density at radius 1 is 1.19 bits per heavy atom. The predicted molar refractivity (Wildman–Crippen MR) is 82.2 cm³/mol. The van der Waals surface area contributed by atoms with Gasteiger partial charge in [-0.2, -0.15) is 5.10 Å². The number of imidazole rings is 1. The number of rotatable bonds is 3. The molecule has 5 nitrogen and oxygen atoms in total. The van der Waals surface area contributed by atoms with E-state index in [1.54, 1.807) is 0 Å². The van der Waals surface area contributed by atoms with Crippen LogP contribution in [-0.4, -0.2) is 19.3 Å². The van der Waals surface area contributed by atoms with Crippen LogP contribution in [0.4, 0.5) is 5.82 Å². The first-order valence-electron chi connectivity index (χ1n) is 7.16. The van der Waals surface area contributed by atoms with E-state index in [0.29, 0.717) is 11.7 Å². The van der Waals surface area contributed by atoms with Crippen LogP contribution >= 0.6 is 0 Å². The largest absolute Gasteiger partial charge is 0.383 e. The first kappa shape index (κ1) is 12.2. The summed E-state index contributed by atoms with van der Waals surface area (Å²) in [6.45, 7) is 0. The summed E-state index contributed by atoms with van der Waals surface area (Å²) in [6.07, 6.45) is 6.23. The zero-order valence-electron chi connectivity index (χ0n) is 11.9. The number of benzene rings is 1. The summed E-state index contributed by atoms with van der Waals surface area (Å²) in [5.41, 5.74) is 9.03. The highest BCUT2D eigenvalue weighted by molar-refractivity contribution is 5.70. The third kappa shape index (κ3) is 2.01. The molecule has 0 unspecified atom stereocenters. The van der Waals surface area contributed by atoms with Gasteiger partial charge in [-0.3, -0.25) is 0 Å². The molecule has 0 radical (unpaired) electrons. The van der Waals surface area contributed by atoms with Crippen molar-refractivity contribution in [2.45, 2.75) is 18.8 Å². The van der Waals surface area contributed by atoms with Gasteiger partial charge in [-0.15, -0.1) is 0 Å². The molecule has 2 heterocycles. The number of aromatic nitrogens is 4. The number of hydrogen-bond acceptors (Lipinski definition) is 3. The summed E-state index contributed by atoms with van der Waals surface area (Å²) in [6, 6.07) is 10.0. The topological polar surface area (TPSA) is 61.7 Å². The molecule has 1 aromatic carbocycles. The Bertz CT molecular complexity index is 780. The molecule has 1 saturated carbocycles. The van der Waals surface area contributed by atoms with Gasteiger partial charge in [0.05, 0.1) is 11.9 Å². The van der Waals surface area contributed by atoms with Gasteiger partial charge in [-0.1, -0.05) is 18.2 Å². The third-order valence-corrected chi connectivity index (χ3v) is 3.99. The molecule has 0 saturated heterocycles. The lowest BCUT2D eigenvalue weighted by Crippen LogP contribution is -2.00. The maximum absolute atomic E-state index is 6.21. The lowest BCUT2D eigenvalue weighted by molar-refractivity contribution is 0.807. The molecule has 2 N–H and O–H groups in total. The molecule has 106 valence electrons. The highest BCUT2D eigenvalue weighted by atomic mass is 15.3. The molecule has 5 heteroatoms. The van der Waals surface area contributed by atoms with Gasteiger partial charge in [-0.05, 0) is 25.0 Å². The summed E-state index contributed by atoms with van der Waals surface area (Å²) in [7, 11) is 1.99. The van der Waals surface area contributed by atoms with Crippen molar-refractivity contribution in [1.29, 1.82) is 0 Å². The van der Waals surface area contributed by atoms with Crippen molar-refractivity contribution in [3.63, 3.8) is 0 Å². The molecular weight excluding hydrogens is 262 g/mol. The normalized spacial score (nSPS) is 14.5. The van der Waals surface area contributed by atoms with Crippen LogP contribution in [0.25, 0.3) is 16.9 Å². The molecule has 1 aliphatic rings. The van der Waals surface area contributed by atoms with E-state index in [1.807, 2.05) is 59.0 Å². The van der Waals surface area contributed by atoms with E-state index in [9.17, 15) is 0 Å². The van der Waals surface area contributed by atoms with Crippen LogP contribution in [0, 0.1) is 0 Å². The van der Waals surface area contributed by atoms with Crippen molar-refractivity contribution in [2.75, 3.05) is 5.73 Å². The van der Waals surface area contributed by atoms with Gasteiger partial charge in [0.2, 0.25) is 0 Å². The first-order valence-corrected chi connectivity index (χ1v) is 7.16. The van der Waals surface area contributed by atoms with E-state index < -0.39 is 0 Å². The number of anilines is 1. The number of hydrogen-bond donors (Lipinski definition) is 1. The van der Waals surface area contributed by atoms with Crippen molar-refractivity contribution in [1.82, 2.24) is 19.3 Å². The smallest absolute Gasteiger partial charge is 0.131 e. The summed E-state index contributed by atoms with van der Waals surface area (Å²) in [5.74, 6) is 2.38. The Balaban J connectivity index is 1.75. The van der Waals surface area contributed by atoms with Gasteiger partial charge in [0.25, 0.3) is 0 Å². The van der Waals surface area contributed by atoms with Crippen molar-refractivity contribution in [2.24, 2.45) is 7.05 Å². The maximum atomic E-state index is 6.21. The third-order valence-electron chi connectivity index (χ3n) is 3.99. The number of nitrogens with zero attached hydrogens (tertiary/aromatic N) is 4. The molecule has 0 amide bonds. The van der Waals surface area contributed by atoms with Gasteiger partial charge in [0, 0.05) is 24.7 Å². The number of para-hydroxylation sites is 1. The van der Waals surface area contributed by atoms with E-state index >= 15 is 0 Å². The average Bonchev–Trinajstić information content (AvgIpc) is 3.16. The molecule has 21 heavy (non-hydrogen) atoms. The first-order chi connectivity index (χ1) is 10.2. The van der Waals surface area contributed by atoms with Crippen LogP contribution in [0.5, 0.6) is 0 Å². The van der Waals surface area contributed by atoms with E-state index in [1.165, 1.54) is 12.8 Å². The van der Waals surface area contributed by atoms with Crippen LogP contribution in [0.1, 0.15) is 24.6 Å². The minimum Gasteiger partial charge on any atom is -0.383 e. The van der Waals surface area contributed by atoms with Gasteiger partial charge in [0.15, 0.2) is 0 Å². The van der Waals surface area contributed by atoms with Crippen molar-refractivity contribution >= 4 is 5.82 Å². The van der Waals surface area contributed by atoms with Crippen LogP contribution in [0.2, 0.25) is 0 Å². The van der Waals surface area contributed by atoms with Crippen LogP contribution < -0.4 is 5.73 Å². The van der Waals surface area contributed by atoms with Crippen LogP contribution in [-0.2, 0) is 7.05 Å². The molecule has 4 rings (SSSR count). The zero-order valence-corrected chi connectivity index (χ0v) is 11.9. The quantitative estimate of drug-likeness (QED) is 0.802. The Morgan fingerprint density at radius 3 is 2.67 bits per heavy atom. The molecule has 0 atom stereocenters. The molecule has 2 aromatic heterocycles. The van der Waals surface area contributed by atoms with Gasteiger partial charge < -0.3 is 10.3 Å². The molecule has 1 fully saturated rings. The Morgan fingerprint density at radius 2 is 1.95 bits per heavy atom. The number of nitrogens with two attached hydrogens (primary N) is 1. The molecule has 3 aromatic rings. The predicted octanol–water partition coefficient (Wildman–Crippen LogP) is 2.73. The van der Waals surface area contributed by atoms with Crippen molar-refractivity contribution < 1.29 is 0 Å². The lowest BCUT2D eigenvalue weighted by Gasteiger charge is -2.00. The second-order valence-electron chi connectivity index (χ2n) is 5.55. The van der Waals surface area contributed by atoms with Crippen LogP contribution in [0.15, 0.2) is 42.7 Å². The molecule has 1 aliphatic carbocycles. The minimum atomic E-state index is 0.579. The van der Waals surface area contributed by atoms with Crippen LogP contribution in [0.3, 0.4) is 0 Å². The van der Waals surface area contributed by atoms with E-state index in [2.05, 4.69) is 5.10 Å². The Kier molecular flexibility index (Phi) is 2.60. The molecule has 0 aliphatic heterocycles. The maximum Gasteiger partial charge on any atom is 0.131 e. The van der Waals surface area contributed by atoms with Gasteiger partial charge in [-0.25, -0.2) is 9.67 Å². The average molecular weight is 279 g/mol. The fourth-order valence-electron chi connectivity index (χ4n) is 2.62. The fraction of sp³-hybridized carbons (Fsp3) is 0.250. The highest BCUT2D eigenvalue weighted by Gasteiger charge is 2.30. The van der Waals surface area contributed by atoms with E-state index in [0.717, 1.165) is 22.8 Å². The summed E-state index contributed by atoms with van der Waals surface area (Å²) in [4.78, 5) is 4.73. The standard InChI is InChI=1S/C16H17N5/c1-20-15(17)14(19-16(20)11-7-8-11)12-9-18-21(10-12)13-5-3-2-4-6-13/h2-6,9-11H,7-8,17H2,1H3. The summed E-state index contributed by atoms with van der Waals surface area (Å²) in [5, 5.41) is 4.42. The molecular formula is C16H17N5. The Labute approximate surface area is 123 Å². The second kappa shape index (κ2) is 4.48. The highest BCUT2D eigenvalue weighted by Crippen LogP contribution is 2.41. The lowest BCUT2D eigenvalue weighted by atomic mass is 10.2. The summed E-state index contributed by atoms with van der Waals surface area (Å²) < 4.78 is 3.85. The van der Waals surface area contributed by atoms with Gasteiger partial charge >= 0.3 is 0 Å². The Hall–Kier alpha value is -2.56. The van der Waals surface area contributed by atoms with Crippen molar-refractivity contribution in [3.05, 3.63) is 48.5 Å². The van der Waals surface area contributed by atoms with Gasteiger partial charge in [0.1, 0.15) is 17.3 Å². The van der Waals surface area contributed by atoms with Crippen molar-refractivity contribution in [3.8, 4) is 16.9 Å². The minimum absolute atomic E-state index is 0.579. The van der Waals surface area contributed by atoms with E-state index in [-0.39, 0.29) is 0 Å². The molecule has 0 spiro atoms. The zero-order chi connectivity index (χ0) is 14.4. The fourth-order valence-corrected chi connectivity index (χ4v) is 2.62.